The fraction of sp³-hybridized carbons (Fsp3) is 0.158. The Kier molecular flexibility index (Phi) is 3.34. The van der Waals surface area contributed by atoms with Gasteiger partial charge in [-0.25, -0.2) is 4.79 Å². The molecule has 4 rings (SSSR count). The van der Waals surface area contributed by atoms with Crippen LogP contribution in [0.4, 0.5) is 0 Å². The number of fused-ring (bicyclic) bond motifs is 3. The SMILES string of the molecule is COc1ccccc1[C@H]1CC(=O)Oc2c1c(=O)oc1ccccc21. The molecule has 0 amide bonds. The molecule has 0 fully saturated rings. The minimum absolute atomic E-state index is 0.0659. The number of carbonyl (C=O) groups excluding carboxylic acids is 1. The molecule has 5 heteroatoms. The van der Waals surface area contributed by atoms with Gasteiger partial charge in [-0.15, -0.1) is 0 Å². The molecule has 2 heterocycles. The molecule has 3 aromatic rings. The summed E-state index contributed by atoms with van der Waals surface area (Å²) in [6, 6.07) is 14.4. The molecule has 0 spiro atoms. The molecule has 0 bridgehead atoms. The molecule has 0 radical (unpaired) electrons. The van der Waals surface area contributed by atoms with E-state index in [1.165, 1.54) is 0 Å². The average molecular weight is 322 g/mol. The van der Waals surface area contributed by atoms with Crippen molar-refractivity contribution in [3.05, 3.63) is 70.1 Å². The highest BCUT2D eigenvalue weighted by atomic mass is 16.5. The van der Waals surface area contributed by atoms with E-state index in [1.54, 1.807) is 31.4 Å². The van der Waals surface area contributed by atoms with Gasteiger partial charge in [0, 0.05) is 11.5 Å². The largest absolute Gasteiger partial charge is 0.496 e. The van der Waals surface area contributed by atoms with Crippen LogP contribution in [0.25, 0.3) is 11.0 Å². The van der Waals surface area contributed by atoms with Crippen LogP contribution in [0.1, 0.15) is 23.5 Å². The third kappa shape index (κ3) is 2.17. The summed E-state index contributed by atoms with van der Waals surface area (Å²) >= 11 is 0. The molecular weight excluding hydrogens is 308 g/mol. The Balaban J connectivity index is 2.03. The van der Waals surface area contributed by atoms with Crippen molar-refractivity contribution in [2.75, 3.05) is 7.11 Å². The summed E-state index contributed by atoms with van der Waals surface area (Å²) in [7, 11) is 1.56. The molecule has 1 aliphatic heterocycles. The Labute approximate surface area is 137 Å². The highest BCUT2D eigenvalue weighted by molar-refractivity contribution is 5.90. The quantitative estimate of drug-likeness (QED) is 0.535. The summed E-state index contributed by atoms with van der Waals surface area (Å²) in [5.74, 6) is 0.0668. The van der Waals surface area contributed by atoms with Crippen LogP contribution in [0, 0.1) is 0 Å². The predicted molar refractivity (Wildman–Crippen MR) is 87.6 cm³/mol. The predicted octanol–water partition coefficient (Wildman–Crippen LogP) is 3.24. The molecular formula is C19H14O5. The molecule has 0 saturated carbocycles. The standard InChI is InChI=1S/C19H14O5/c1-22-14-8-4-2-6-11(14)13-10-16(20)24-18-12-7-3-5-9-15(12)23-19(21)17(13)18/h2-9,13H,10H2,1H3/t13-/m1/s1. The van der Waals surface area contributed by atoms with E-state index in [9.17, 15) is 9.59 Å². The zero-order valence-corrected chi connectivity index (χ0v) is 12.9. The van der Waals surface area contributed by atoms with Crippen LogP contribution in [0.2, 0.25) is 0 Å². The van der Waals surface area contributed by atoms with Gasteiger partial charge >= 0.3 is 11.6 Å². The Morgan fingerprint density at radius 3 is 2.62 bits per heavy atom. The van der Waals surface area contributed by atoms with Crippen molar-refractivity contribution in [3.63, 3.8) is 0 Å². The number of hydrogen-bond donors (Lipinski definition) is 0. The van der Waals surface area contributed by atoms with Crippen LogP contribution in [0.3, 0.4) is 0 Å². The van der Waals surface area contributed by atoms with Gasteiger partial charge in [-0.2, -0.15) is 0 Å². The molecule has 0 saturated heterocycles. The van der Waals surface area contributed by atoms with E-state index >= 15 is 0 Å². The van der Waals surface area contributed by atoms with Gasteiger partial charge < -0.3 is 13.9 Å². The lowest BCUT2D eigenvalue weighted by molar-refractivity contribution is -0.135. The smallest absolute Gasteiger partial charge is 0.343 e. The van der Waals surface area contributed by atoms with Crippen molar-refractivity contribution >= 4 is 16.9 Å². The zero-order valence-electron chi connectivity index (χ0n) is 12.9. The van der Waals surface area contributed by atoms with E-state index in [-0.39, 0.29) is 18.1 Å². The maximum absolute atomic E-state index is 12.6. The molecule has 120 valence electrons. The second-order valence-corrected chi connectivity index (χ2v) is 5.60. The minimum Gasteiger partial charge on any atom is -0.496 e. The van der Waals surface area contributed by atoms with E-state index in [1.807, 2.05) is 24.3 Å². The highest BCUT2D eigenvalue weighted by Crippen LogP contribution is 2.42. The first-order chi connectivity index (χ1) is 11.7. The van der Waals surface area contributed by atoms with Gasteiger partial charge in [0.15, 0.2) is 5.75 Å². The first-order valence-electron chi connectivity index (χ1n) is 7.58. The first-order valence-corrected chi connectivity index (χ1v) is 7.58. The Bertz CT molecular complexity index is 1000. The monoisotopic (exact) mass is 322 g/mol. The molecule has 5 nitrogen and oxygen atoms in total. The van der Waals surface area contributed by atoms with Gasteiger partial charge in [-0.1, -0.05) is 30.3 Å². The summed E-state index contributed by atoms with van der Waals surface area (Å²) in [6.07, 6.45) is 0.0659. The fourth-order valence-corrected chi connectivity index (χ4v) is 3.19. The highest BCUT2D eigenvalue weighted by Gasteiger charge is 2.35. The number of carbonyl (C=O) groups is 1. The van der Waals surface area contributed by atoms with E-state index in [0.717, 1.165) is 5.56 Å². The Morgan fingerprint density at radius 1 is 1.04 bits per heavy atom. The van der Waals surface area contributed by atoms with Crippen molar-refractivity contribution in [3.8, 4) is 11.5 Å². The van der Waals surface area contributed by atoms with Gasteiger partial charge in [-0.3, -0.25) is 4.79 Å². The number of esters is 1. The number of hydrogen-bond acceptors (Lipinski definition) is 5. The first kappa shape index (κ1) is 14.5. The van der Waals surface area contributed by atoms with Gasteiger partial charge in [0.2, 0.25) is 0 Å². The number of rotatable bonds is 2. The summed E-state index contributed by atoms with van der Waals surface area (Å²) in [5, 5.41) is 0.611. The van der Waals surface area contributed by atoms with Crippen LogP contribution in [0.5, 0.6) is 11.5 Å². The summed E-state index contributed by atoms with van der Waals surface area (Å²) in [5.41, 5.74) is 1.03. The van der Waals surface area contributed by atoms with Crippen molar-refractivity contribution < 1.29 is 18.7 Å². The van der Waals surface area contributed by atoms with Crippen LogP contribution in [0.15, 0.2) is 57.7 Å². The topological polar surface area (TPSA) is 65.7 Å². The van der Waals surface area contributed by atoms with Gasteiger partial charge in [0.25, 0.3) is 0 Å². The number of ether oxygens (including phenoxy) is 2. The molecule has 0 N–H and O–H groups in total. The van der Waals surface area contributed by atoms with Crippen molar-refractivity contribution in [1.82, 2.24) is 0 Å². The summed E-state index contributed by atoms with van der Waals surface area (Å²) in [6.45, 7) is 0. The van der Waals surface area contributed by atoms with E-state index in [0.29, 0.717) is 22.3 Å². The lowest BCUT2D eigenvalue weighted by Gasteiger charge is -2.25. The fourth-order valence-electron chi connectivity index (χ4n) is 3.19. The van der Waals surface area contributed by atoms with Crippen molar-refractivity contribution in [2.24, 2.45) is 0 Å². The second kappa shape index (κ2) is 5.53. The molecule has 1 aromatic heterocycles. The van der Waals surface area contributed by atoms with E-state index in [4.69, 9.17) is 13.9 Å². The molecule has 2 aromatic carbocycles. The van der Waals surface area contributed by atoms with E-state index in [2.05, 4.69) is 0 Å². The second-order valence-electron chi connectivity index (χ2n) is 5.60. The number of methoxy groups -OCH3 is 1. The van der Waals surface area contributed by atoms with Crippen LogP contribution in [-0.4, -0.2) is 13.1 Å². The average Bonchev–Trinajstić information content (AvgIpc) is 2.61. The van der Waals surface area contributed by atoms with Crippen molar-refractivity contribution in [1.29, 1.82) is 0 Å². The molecule has 1 atom stereocenters. The molecule has 24 heavy (non-hydrogen) atoms. The third-order valence-corrected chi connectivity index (χ3v) is 4.25. The van der Waals surface area contributed by atoms with Crippen LogP contribution in [-0.2, 0) is 4.79 Å². The summed E-state index contributed by atoms with van der Waals surface area (Å²) in [4.78, 5) is 24.7. The minimum atomic E-state index is -0.493. The third-order valence-electron chi connectivity index (χ3n) is 4.25. The lowest BCUT2D eigenvalue weighted by atomic mass is 9.86. The Morgan fingerprint density at radius 2 is 1.79 bits per heavy atom. The normalized spacial score (nSPS) is 16.5. The lowest BCUT2D eigenvalue weighted by Crippen LogP contribution is -2.27. The van der Waals surface area contributed by atoms with Gasteiger partial charge in [0.1, 0.15) is 11.3 Å². The van der Waals surface area contributed by atoms with Crippen molar-refractivity contribution in [2.45, 2.75) is 12.3 Å². The zero-order chi connectivity index (χ0) is 16.7. The molecule has 1 aliphatic rings. The van der Waals surface area contributed by atoms with E-state index < -0.39 is 11.5 Å². The van der Waals surface area contributed by atoms with Gasteiger partial charge in [0.05, 0.1) is 24.5 Å². The number of benzene rings is 2. The Hall–Kier alpha value is -3.08. The van der Waals surface area contributed by atoms with Crippen LogP contribution < -0.4 is 15.1 Å². The maximum Gasteiger partial charge on any atom is 0.343 e. The maximum atomic E-state index is 12.6. The van der Waals surface area contributed by atoms with Crippen LogP contribution >= 0.6 is 0 Å². The van der Waals surface area contributed by atoms with Gasteiger partial charge in [-0.05, 0) is 18.2 Å². The summed E-state index contributed by atoms with van der Waals surface area (Å²) < 4.78 is 16.2. The number of para-hydroxylation sites is 2. The molecule has 0 aliphatic carbocycles. The molecule has 0 unspecified atom stereocenters.